The van der Waals surface area contributed by atoms with Crippen LogP contribution in [-0.4, -0.2) is 18.6 Å². The van der Waals surface area contributed by atoms with E-state index >= 15 is 0 Å². The van der Waals surface area contributed by atoms with Gasteiger partial charge in [0.1, 0.15) is 5.03 Å². The molecule has 0 unspecified atom stereocenters. The van der Waals surface area contributed by atoms with Gasteiger partial charge in [0.2, 0.25) is 9.84 Å². The van der Waals surface area contributed by atoms with Gasteiger partial charge in [-0.25, -0.2) is 8.42 Å². The van der Waals surface area contributed by atoms with Gasteiger partial charge in [-0.2, -0.15) is 5.10 Å². The topological polar surface area (TPSA) is 59.9 Å². The first-order chi connectivity index (χ1) is 13.5. The summed E-state index contributed by atoms with van der Waals surface area (Å²) in [5.74, 6) is 0.688. The molecular formula is C22H18N2O2S2. The molecule has 1 aromatic heterocycles. The minimum absolute atomic E-state index is 0.301. The molecule has 4 rings (SSSR count). The Hall–Kier alpha value is -2.70. The summed E-state index contributed by atoms with van der Waals surface area (Å²) in [4.78, 5) is 0.612. The number of hydrogen-bond donors (Lipinski definition) is 0. The van der Waals surface area contributed by atoms with Crippen LogP contribution in [0, 0.1) is 6.92 Å². The summed E-state index contributed by atoms with van der Waals surface area (Å²) in [6.07, 6.45) is 1.75. The maximum Gasteiger partial charge on any atom is 0.206 e. The van der Waals surface area contributed by atoms with E-state index in [-0.39, 0.29) is 0 Å². The lowest BCUT2D eigenvalue weighted by Gasteiger charge is -2.07. The number of fused-ring (bicyclic) bond motifs is 1. The molecule has 4 aromatic rings. The van der Waals surface area contributed by atoms with Gasteiger partial charge in [0.25, 0.3) is 0 Å². The Labute approximate surface area is 168 Å². The number of nitrogens with zero attached hydrogens (tertiary/aromatic N) is 2. The normalized spacial score (nSPS) is 11.6. The lowest BCUT2D eigenvalue weighted by atomic mass is 10.2. The summed E-state index contributed by atoms with van der Waals surface area (Å²) in [7, 11) is -3.50. The lowest BCUT2D eigenvalue weighted by Crippen LogP contribution is -2.02. The van der Waals surface area contributed by atoms with Crippen molar-refractivity contribution in [2.24, 2.45) is 0 Å². The van der Waals surface area contributed by atoms with Crippen molar-refractivity contribution in [2.45, 2.75) is 27.5 Å². The number of thioether (sulfide) groups is 1. The van der Waals surface area contributed by atoms with Gasteiger partial charge in [0.15, 0.2) is 0 Å². The Morgan fingerprint density at radius 1 is 0.857 bits per heavy atom. The van der Waals surface area contributed by atoms with E-state index in [1.807, 2.05) is 55.5 Å². The highest BCUT2D eigenvalue weighted by Crippen LogP contribution is 2.28. The third-order valence-electron chi connectivity index (χ3n) is 4.48. The molecule has 0 saturated carbocycles. The summed E-state index contributed by atoms with van der Waals surface area (Å²) in [5, 5.41) is 11.3. The molecule has 0 bridgehead atoms. The van der Waals surface area contributed by atoms with Crippen molar-refractivity contribution in [1.29, 1.82) is 0 Å². The number of hydrogen-bond acceptors (Lipinski definition) is 5. The highest BCUT2D eigenvalue weighted by molar-refractivity contribution is 7.98. The first-order valence-electron chi connectivity index (χ1n) is 8.78. The van der Waals surface area contributed by atoms with Gasteiger partial charge in [-0.15, -0.1) is 5.10 Å². The summed E-state index contributed by atoms with van der Waals surface area (Å²) in [5.41, 5.74) is 2.06. The van der Waals surface area contributed by atoms with Crippen molar-refractivity contribution in [1.82, 2.24) is 10.2 Å². The highest BCUT2D eigenvalue weighted by Gasteiger charge is 2.17. The van der Waals surface area contributed by atoms with Gasteiger partial charge in [-0.1, -0.05) is 65.9 Å². The Morgan fingerprint density at radius 2 is 1.50 bits per heavy atom. The quantitative estimate of drug-likeness (QED) is 0.433. The molecule has 0 fully saturated rings. The fourth-order valence-corrected chi connectivity index (χ4v) is 5.08. The standard InChI is InChI=1S/C22H18N2O2S2/c1-16-6-10-19(11-7-16)28(25,26)20-12-8-17(9-13-20)15-27-22-21-5-3-2-4-18(21)14-23-24-22/h2-14H,15H2,1H3. The summed E-state index contributed by atoms with van der Waals surface area (Å²) in [6, 6.07) is 22.0. The molecular weight excluding hydrogens is 388 g/mol. The molecule has 0 spiro atoms. The average Bonchev–Trinajstić information content (AvgIpc) is 2.73. The summed E-state index contributed by atoms with van der Waals surface area (Å²) >= 11 is 1.59. The molecule has 0 N–H and O–H groups in total. The number of sulfone groups is 1. The molecule has 6 heteroatoms. The predicted octanol–water partition coefficient (Wildman–Crippen LogP) is 5.06. The number of aryl methyl sites for hydroxylation is 1. The Bertz CT molecular complexity index is 1210. The zero-order valence-corrected chi connectivity index (χ0v) is 16.9. The molecule has 140 valence electrons. The van der Waals surface area contributed by atoms with Crippen LogP contribution in [0.1, 0.15) is 11.1 Å². The van der Waals surface area contributed by atoms with Crippen molar-refractivity contribution in [3.8, 4) is 0 Å². The van der Waals surface area contributed by atoms with Gasteiger partial charge in [-0.3, -0.25) is 0 Å². The molecule has 4 nitrogen and oxygen atoms in total. The zero-order chi connectivity index (χ0) is 19.6. The van der Waals surface area contributed by atoms with E-state index in [9.17, 15) is 8.42 Å². The second kappa shape index (κ2) is 7.73. The fraction of sp³-hybridized carbons (Fsp3) is 0.0909. The molecule has 0 saturated heterocycles. The number of aromatic nitrogens is 2. The largest absolute Gasteiger partial charge is 0.219 e. The first-order valence-corrected chi connectivity index (χ1v) is 11.2. The van der Waals surface area contributed by atoms with Crippen molar-refractivity contribution in [3.63, 3.8) is 0 Å². The van der Waals surface area contributed by atoms with Gasteiger partial charge in [0, 0.05) is 16.5 Å². The Kier molecular flexibility index (Phi) is 5.15. The van der Waals surface area contributed by atoms with Gasteiger partial charge < -0.3 is 0 Å². The van der Waals surface area contributed by atoms with Crippen LogP contribution >= 0.6 is 11.8 Å². The first kappa shape index (κ1) is 18.7. The van der Waals surface area contributed by atoms with E-state index in [1.165, 1.54) is 0 Å². The second-order valence-corrected chi connectivity index (χ2v) is 9.40. The van der Waals surface area contributed by atoms with E-state index in [2.05, 4.69) is 10.2 Å². The van der Waals surface area contributed by atoms with E-state index in [0.717, 1.165) is 26.9 Å². The molecule has 0 aliphatic carbocycles. The predicted molar refractivity (Wildman–Crippen MR) is 112 cm³/mol. The van der Waals surface area contributed by atoms with Crippen molar-refractivity contribution in [3.05, 3.63) is 90.1 Å². The summed E-state index contributed by atoms with van der Waals surface area (Å²) < 4.78 is 25.5. The monoisotopic (exact) mass is 406 g/mol. The fourth-order valence-electron chi connectivity index (χ4n) is 2.88. The number of rotatable bonds is 5. The SMILES string of the molecule is Cc1ccc(S(=O)(=O)c2ccc(CSc3nncc4ccccc34)cc2)cc1. The van der Waals surface area contributed by atoms with Crippen molar-refractivity contribution >= 4 is 32.4 Å². The van der Waals surface area contributed by atoms with Crippen LogP contribution in [0.2, 0.25) is 0 Å². The van der Waals surface area contributed by atoms with E-state index in [0.29, 0.717) is 15.5 Å². The van der Waals surface area contributed by atoms with Crippen molar-refractivity contribution in [2.75, 3.05) is 0 Å². The highest BCUT2D eigenvalue weighted by atomic mass is 32.2. The molecule has 3 aromatic carbocycles. The molecule has 0 amide bonds. The molecule has 0 aliphatic heterocycles. The van der Waals surface area contributed by atoms with Gasteiger partial charge >= 0.3 is 0 Å². The molecule has 0 radical (unpaired) electrons. The maximum absolute atomic E-state index is 12.8. The van der Waals surface area contributed by atoms with Crippen LogP contribution < -0.4 is 0 Å². The van der Waals surface area contributed by atoms with Crippen LogP contribution in [-0.2, 0) is 15.6 Å². The minimum atomic E-state index is -3.50. The van der Waals surface area contributed by atoms with Crippen LogP contribution in [0.15, 0.2) is 93.8 Å². The van der Waals surface area contributed by atoms with Crippen LogP contribution in [0.25, 0.3) is 10.8 Å². The Balaban J connectivity index is 1.53. The molecule has 28 heavy (non-hydrogen) atoms. The average molecular weight is 407 g/mol. The van der Waals surface area contributed by atoms with E-state index in [4.69, 9.17) is 0 Å². The van der Waals surface area contributed by atoms with E-state index in [1.54, 1.807) is 42.2 Å². The molecule has 1 heterocycles. The van der Waals surface area contributed by atoms with Crippen LogP contribution in [0.5, 0.6) is 0 Å². The van der Waals surface area contributed by atoms with Crippen LogP contribution in [0.4, 0.5) is 0 Å². The number of benzene rings is 3. The lowest BCUT2D eigenvalue weighted by molar-refractivity contribution is 0.596. The van der Waals surface area contributed by atoms with Crippen molar-refractivity contribution < 1.29 is 8.42 Å². The molecule has 0 aliphatic rings. The maximum atomic E-state index is 12.8. The van der Waals surface area contributed by atoms with Gasteiger partial charge in [0.05, 0.1) is 16.0 Å². The van der Waals surface area contributed by atoms with Gasteiger partial charge in [-0.05, 0) is 36.8 Å². The zero-order valence-electron chi connectivity index (χ0n) is 15.2. The minimum Gasteiger partial charge on any atom is -0.219 e. The summed E-state index contributed by atoms with van der Waals surface area (Å²) in [6.45, 7) is 1.93. The van der Waals surface area contributed by atoms with Crippen LogP contribution in [0.3, 0.4) is 0 Å². The molecule has 0 atom stereocenters. The second-order valence-electron chi connectivity index (χ2n) is 6.49. The third kappa shape index (κ3) is 3.79. The van der Waals surface area contributed by atoms with E-state index < -0.39 is 9.84 Å². The smallest absolute Gasteiger partial charge is 0.206 e. The Morgan fingerprint density at radius 3 is 2.21 bits per heavy atom. The third-order valence-corrected chi connectivity index (χ3v) is 7.32.